The van der Waals surface area contributed by atoms with Crippen LogP contribution in [0.25, 0.3) is 16.6 Å². The summed E-state index contributed by atoms with van der Waals surface area (Å²) in [6.07, 6.45) is 0. The van der Waals surface area contributed by atoms with E-state index in [-0.39, 0.29) is 17.3 Å². The summed E-state index contributed by atoms with van der Waals surface area (Å²) in [6, 6.07) is 15.0. The quantitative estimate of drug-likeness (QED) is 0.595. The monoisotopic (exact) mass is 347 g/mol. The van der Waals surface area contributed by atoms with Crippen LogP contribution in [-0.2, 0) is 0 Å². The van der Waals surface area contributed by atoms with Gasteiger partial charge in [-0.1, -0.05) is 41.6 Å². The lowest BCUT2D eigenvalue weighted by atomic mass is 10.1. The molecule has 0 spiro atoms. The number of fused-ring (bicyclic) bond motifs is 3. The van der Waals surface area contributed by atoms with Crippen molar-refractivity contribution in [2.24, 2.45) is 0 Å². The molecule has 0 saturated heterocycles. The first-order valence-corrected chi connectivity index (χ1v) is 8.28. The van der Waals surface area contributed by atoms with Gasteiger partial charge in [-0.25, -0.2) is 4.52 Å². The summed E-state index contributed by atoms with van der Waals surface area (Å²) in [6.45, 7) is 3.81. The van der Waals surface area contributed by atoms with Gasteiger partial charge in [0.15, 0.2) is 11.2 Å². The molecule has 7 nitrogen and oxygen atoms in total. The van der Waals surface area contributed by atoms with E-state index < -0.39 is 11.5 Å². The van der Waals surface area contributed by atoms with Crippen LogP contribution >= 0.6 is 0 Å². The molecule has 2 aromatic heterocycles. The molecule has 0 bridgehead atoms. The van der Waals surface area contributed by atoms with E-state index in [2.05, 4.69) is 20.6 Å². The molecule has 0 aliphatic rings. The summed E-state index contributed by atoms with van der Waals surface area (Å²) in [5.74, 6) is -0.437. The molecular formula is C19H17N5O2. The predicted octanol–water partition coefficient (Wildman–Crippen LogP) is 2.37. The highest BCUT2D eigenvalue weighted by Crippen LogP contribution is 2.16. The van der Waals surface area contributed by atoms with Crippen LogP contribution in [0.3, 0.4) is 0 Å². The maximum Gasteiger partial charge on any atom is 0.277 e. The van der Waals surface area contributed by atoms with Crippen LogP contribution in [0.5, 0.6) is 0 Å². The molecular weight excluding hydrogens is 330 g/mol. The van der Waals surface area contributed by atoms with Gasteiger partial charge in [-0.3, -0.25) is 9.59 Å². The van der Waals surface area contributed by atoms with Crippen molar-refractivity contribution in [2.45, 2.75) is 19.9 Å². The molecule has 1 atom stereocenters. The molecule has 0 saturated carbocycles. The normalized spacial score (nSPS) is 12.4. The third-order valence-corrected chi connectivity index (χ3v) is 4.38. The van der Waals surface area contributed by atoms with Crippen LogP contribution in [0, 0.1) is 6.92 Å². The Kier molecular flexibility index (Phi) is 3.76. The Bertz CT molecular complexity index is 1180. The first-order chi connectivity index (χ1) is 12.5. The minimum Gasteiger partial charge on any atom is -0.344 e. The Morgan fingerprint density at radius 3 is 2.73 bits per heavy atom. The van der Waals surface area contributed by atoms with E-state index in [4.69, 9.17) is 0 Å². The van der Waals surface area contributed by atoms with Crippen LogP contribution in [0.4, 0.5) is 0 Å². The number of H-pyrrole nitrogens is 1. The third-order valence-electron chi connectivity index (χ3n) is 4.38. The maximum atomic E-state index is 12.7. The van der Waals surface area contributed by atoms with Gasteiger partial charge in [0.25, 0.3) is 11.5 Å². The average Bonchev–Trinajstić information content (AvgIpc) is 3.08. The number of rotatable bonds is 3. The number of nitrogens with zero attached hydrogens (tertiary/aromatic N) is 3. The molecule has 1 amide bonds. The molecule has 7 heteroatoms. The lowest BCUT2D eigenvalue weighted by Gasteiger charge is -2.13. The molecule has 2 aromatic carbocycles. The van der Waals surface area contributed by atoms with Crippen molar-refractivity contribution in [2.75, 3.05) is 0 Å². The van der Waals surface area contributed by atoms with Gasteiger partial charge in [0.1, 0.15) is 0 Å². The van der Waals surface area contributed by atoms with Gasteiger partial charge in [-0.15, -0.1) is 5.10 Å². The van der Waals surface area contributed by atoms with Crippen molar-refractivity contribution in [3.05, 3.63) is 75.7 Å². The molecule has 0 fully saturated rings. The summed E-state index contributed by atoms with van der Waals surface area (Å²) in [5.41, 5.74) is 3.07. The molecule has 0 radical (unpaired) electrons. The maximum absolute atomic E-state index is 12.7. The van der Waals surface area contributed by atoms with Crippen molar-refractivity contribution in [1.29, 1.82) is 0 Å². The highest BCUT2D eigenvalue weighted by molar-refractivity contribution is 5.99. The molecule has 0 aliphatic heterocycles. The Hall–Kier alpha value is -3.48. The summed E-state index contributed by atoms with van der Waals surface area (Å²) in [4.78, 5) is 28.0. The summed E-state index contributed by atoms with van der Waals surface area (Å²) in [7, 11) is 0. The van der Waals surface area contributed by atoms with Crippen LogP contribution in [-0.4, -0.2) is 25.7 Å². The number of carbonyl (C=O) groups is 1. The topological polar surface area (TPSA) is 92.1 Å². The number of aryl methyl sites for hydroxylation is 1. The van der Waals surface area contributed by atoms with Gasteiger partial charge in [-0.05, 0) is 37.1 Å². The van der Waals surface area contributed by atoms with Gasteiger partial charge < -0.3 is 10.3 Å². The number of amides is 1. The van der Waals surface area contributed by atoms with Crippen molar-refractivity contribution >= 4 is 22.5 Å². The first-order valence-electron chi connectivity index (χ1n) is 8.28. The number of carbonyl (C=O) groups excluding carboxylic acids is 1. The highest BCUT2D eigenvalue weighted by Gasteiger charge is 2.21. The molecule has 0 aliphatic carbocycles. The second kappa shape index (κ2) is 6.11. The van der Waals surface area contributed by atoms with Gasteiger partial charge in [0.05, 0.1) is 17.1 Å². The summed E-state index contributed by atoms with van der Waals surface area (Å²) >= 11 is 0. The van der Waals surface area contributed by atoms with E-state index in [0.29, 0.717) is 11.0 Å². The molecule has 26 heavy (non-hydrogen) atoms. The van der Waals surface area contributed by atoms with E-state index in [1.54, 1.807) is 0 Å². The standard InChI is InChI=1S/C19H17N5O2/c1-11-8-9-15-14(10-11)21-19(26)17-16(22-23-24(15)17)18(25)20-12(2)13-6-4-3-5-7-13/h3-10,12H,1-2H3,(H,20,25)(H,21,26). The fourth-order valence-electron chi connectivity index (χ4n) is 3.01. The molecule has 2 heterocycles. The molecule has 4 rings (SSSR count). The van der Waals surface area contributed by atoms with Crippen molar-refractivity contribution in [1.82, 2.24) is 25.1 Å². The van der Waals surface area contributed by atoms with Crippen molar-refractivity contribution in [3.63, 3.8) is 0 Å². The Morgan fingerprint density at radius 1 is 1.19 bits per heavy atom. The van der Waals surface area contributed by atoms with Gasteiger partial charge in [0.2, 0.25) is 0 Å². The molecule has 130 valence electrons. The Labute approximate surface area is 148 Å². The largest absolute Gasteiger partial charge is 0.344 e. The van der Waals surface area contributed by atoms with Crippen molar-refractivity contribution < 1.29 is 4.79 Å². The van der Waals surface area contributed by atoms with E-state index in [1.165, 1.54) is 4.52 Å². The number of aromatic nitrogens is 4. The van der Waals surface area contributed by atoms with E-state index in [1.807, 2.05) is 62.4 Å². The van der Waals surface area contributed by atoms with Crippen LogP contribution in [0.15, 0.2) is 53.3 Å². The first kappa shape index (κ1) is 16.0. The number of benzene rings is 2. The van der Waals surface area contributed by atoms with Crippen molar-refractivity contribution in [3.8, 4) is 0 Å². The zero-order valence-electron chi connectivity index (χ0n) is 14.4. The second-order valence-electron chi connectivity index (χ2n) is 6.28. The molecule has 1 unspecified atom stereocenters. The number of nitrogens with one attached hydrogen (secondary N) is 2. The SMILES string of the molecule is Cc1ccc2c(c1)[nH]c(=O)c1c(C(=O)NC(C)c3ccccc3)nnn12. The molecule has 4 aromatic rings. The lowest BCUT2D eigenvalue weighted by Crippen LogP contribution is -2.28. The van der Waals surface area contributed by atoms with Gasteiger partial charge >= 0.3 is 0 Å². The number of hydrogen-bond acceptors (Lipinski definition) is 4. The van der Waals surface area contributed by atoms with Crippen LogP contribution in [0.1, 0.15) is 34.6 Å². The van der Waals surface area contributed by atoms with Crippen LogP contribution < -0.4 is 10.9 Å². The second-order valence-corrected chi connectivity index (χ2v) is 6.28. The van der Waals surface area contributed by atoms with Crippen LogP contribution in [0.2, 0.25) is 0 Å². The minimum atomic E-state index is -0.437. The zero-order chi connectivity index (χ0) is 18.3. The fraction of sp³-hybridized carbons (Fsp3) is 0.158. The van der Waals surface area contributed by atoms with E-state index in [9.17, 15) is 9.59 Å². The minimum absolute atomic E-state index is 0.0107. The summed E-state index contributed by atoms with van der Waals surface area (Å²) < 4.78 is 1.41. The predicted molar refractivity (Wildman–Crippen MR) is 98.2 cm³/mol. The Balaban J connectivity index is 1.76. The van der Waals surface area contributed by atoms with Gasteiger partial charge in [0, 0.05) is 0 Å². The summed E-state index contributed by atoms with van der Waals surface area (Å²) in [5, 5.41) is 10.8. The number of hydrogen-bond donors (Lipinski definition) is 2. The lowest BCUT2D eigenvalue weighted by molar-refractivity contribution is 0.0936. The fourth-order valence-corrected chi connectivity index (χ4v) is 3.01. The third kappa shape index (κ3) is 2.63. The number of aromatic amines is 1. The van der Waals surface area contributed by atoms with Gasteiger partial charge in [-0.2, -0.15) is 0 Å². The van der Waals surface area contributed by atoms with E-state index >= 15 is 0 Å². The Morgan fingerprint density at radius 2 is 1.96 bits per heavy atom. The average molecular weight is 347 g/mol. The molecule has 2 N–H and O–H groups in total. The van der Waals surface area contributed by atoms with E-state index in [0.717, 1.165) is 11.1 Å². The smallest absolute Gasteiger partial charge is 0.277 e. The highest BCUT2D eigenvalue weighted by atomic mass is 16.2. The zero-order valence-corrected chi connectivity index (χ0v) is 14.4.